The van der Waals surface area contributed by atoms with E-state index >= 15 is 0 Å². The van der Waals surface area contributed by atoms with Gasteiger partial charge in [0.25, 0.3) is 15.9 Å². The van der Waals surface area contributed by atoms with Crippen LogP contribution in [0.4, 0.5) is 5.69 Å². The fourth-order valence-electron chi connectivity index (χ4n) is 3.70. The first-order valence-electron chi connectivity index (χ1n) is 10.3. The maximum atomic E-state index is 13.3. The van der Waals surface area contributed by atoms with Crippen LogP contribution in [0.25, 0.3) is 5.57 Å². The quantitative estimate of drug-likeness (QED) is 0.555. The summed E-state index contributed by atoms with van der Waals surface area (Å²) < 4.78 is 49.4. The van der Waals surface area contributed by atoms with Gasteiger partial charge >= 0.3 is 0 Å². The minimum atomic E-state index is -4.08. The van der Waals surface area contributed by atoms with Crippen LogP contribution in [-0.2, 0) is 14.8 Å². The van der Waals surface area contributed by atoms with E-state index in [-0.39, 0.29) is 24.6 Å². The first kappa shape index (κ1) is 24.2. The molecule has 2 aromatic carbocycles. The number of allylic oxidation sites excluding steroid dienone is 1. The van der Waals surface area contributed by atoms with Crippen molar-refractivity contribution in [2.45, 2.75) is 13.8 Å². The van der Waals surface area contributed by atoms with Gasteiger partial charge in [-0.2, -0.15) is 0 Å². The number of nitrogens with zero attached hydrogens (tertiary/aromatic N) is 1. The van der Waals surface area contributed by atoms with Gasteiger partial charge in [0.1, 0.15) is 6.61 Å². The molecular formula is C23H28N2O7S. The van der Waals surface area contributed by atoms with Crippen LogP contribution in [0.2, 0.25) is 0 Å². The zero-order chi connectivity index (χ0) is 24.2. The minimum absolute atomic E-state index is 0.105. The molecule has 0 bridgehead atoms. The lowest BCUT2D eigenvalue weighted by atomic mass is 10.0. The molecule has 0 atom stereocenters. The number of ether oxygens (including phenoxy) is 4. The highest BCUT2D eigenvalue weighted by atomic mass is 32.2. The summed E-state index contributed by atoms with van der Waals surface area (Å²) in [5.41, 5.74) is 1.35. The van der Waals surface area contributed by atoms with Crippen molar-refractivity contribution in [3.05, 3.63) is 46.9 Å². The molecule has 1 N–H and O–H groups in total. The van der Waals surface area contributed by atoms with Crippen molar-refractivity contribution >= 4 is 27.2 Å². The third-order valence-corrected chi connectivity index (χ3v) is 7.31. The molecule has 9 nitrogen and oxygen atoms in total. The average Bonchev–Trinajstić information content (AvgIpc) is 2.81. The summed E-state index contributed by atoms with van der Waals surface area (Å²) in [5, 5.41) is 2.65. The molecular weight excluding hydrogens is 448 g/mol. The zero-order valence-electron chi connectivity index (χ0n) is 19.3. The smallest absolute Gasteiger partial charge is 0.270 e. The van der Waals surface area contributed by atoms with E-state index in [2.05, 4.69) is 5.32 Å². The van der Waals surface area contributed by atoms with Crippen molar-refractivity contribution in [2.75, 3.05) is 45.3 Å². The predicted molar refractivity (Wildman–Crippen MR) is 126 cm³/mol. The topological polar surface area (TPSA) is 103 Å². The van der Waals surface area contributed by atoms with Crippen molar-refractivity contribution in [2.24, 2.45) is 0 Å². The molecule has 0 saturated carbocycles. The number of para-hydroxylation sites is 2. The van der Waals surface area contributed by atoms with E-state index in [1.54, 1.807) is 44.2 Å². The third-order valence-electron chi connectivity index (χ3n) is 5.27. The normalized spacial score (nSPS) is 14.4. The Morgan fingerprint density at radius 3 is 2.18 bits per heavy atom. The number of nitrogens with one attached hydrogen (secondary N) is 1. The highest BCUT2D eigenvalue weighted by molar-refractivity contribution is 7.97. The predicted octanol–water partition coefficient (Wildman–Crippen LogP) is 2.81. The van der Waals surface area contributed by atoms with Crippen LogP contribution in [0.1, 0.15) is 19.4 Å². The van der Waals surface area contributed by atoms with Crippen LogP contribution in [-0.4, -0.2) is 55.4 Å². The van der Waals surface area contributed by atoms with Crippen molar-refractivity contribution in [1.82, 2.24) is 5.32 Å². The summed E-state index contributed by atoms with van der Waals surface area (Å²) in [7, 11) is 0.434. The Kier molecular flexibility index (Phi) is 7.37. The number of fused-ring (bicyclic) bond motifs is 1. The molecule has 1 heterocycles. The molecule has 0 aliphatic carbocycles. The summed E-state index contributed by atoms with van der Waals surface area (Å²) in [6, 6.07) is 10.4. The lowest BCUT2D eigenvalue weighted by Crippen LogP contribution is -2.41. The number of benzene rings is 2. The lowest BCUT2D eigenvalue weighted by molar-refractivity contribution is -0.116. The van der Waals surface area contributed by atoms with E-state index in [9.17, 15) is 13.2 Å². The third kappa shape index (κ3) is 4.56. The van der Waals surface area contributed by atoms with E-state index in [4.69, 9.17) is 18.9 Å². The Hall–Kier alpha value is -3.40. The Morgan fingerprint density at radius 2 is 1.58 bits per heavy atom. The van der Waals surface area contributed by atoms with Gasteiger partial charge in [0.15, 0.2) is 27.9 Å². The highest BCUT2D eigenvalue weighted by Crippen LogP contribution is 2.44. The van der Waals surface area contributed by atoms with E-state index in [1.807, 2.05) is 6.07 Å². The van der Waals surface area contributed by atoms with E-state index in [0.717, 1.165) is 0 Å². The van der Waals surface area contributed by atoms with Gasteiger partial charge in [0.2, 0.25) is 0 Å². The van der Waals surface area contributed by atoms with Gasteiger partial charge in [0, 0.05) is 18.2 Å². The van der Waals surface area contributed by atoms with Crippen LogP contribution >= 0.6 is 0 Å². The number of anilines is 1. The molecule has 0 saturated heterocycles. The van der Waals surface area contributed by atoms with Gasteiger partial charge < -0.3 is 24.3 Å². The second-order valence-electron chi connectivity index (χ2n) is 7.10. The molecule has 0 radical (unpaired) electrons. The molecule has 1 amide bonds. The molecule has 33 heavy (non-hydrogen) atoms. The fraction of sp³-hybridized carbons (Fsp3) is 0.348. The van der Waals surface area contributed by atoms with Crippen LogP contribution < -0.4 is 28.6 Å². The summed E-state index contributed by atoms with van der Waals surface area (Å²) in [5.74, 6) is 1.24. The SMILES string of the molecule is CCN1c2cc(OC)c(OC)cc2C(C)=C(C(=O)NCCOc2ccccc2OC)S1(=O)=O. The first-order valence-corrected chi connectivity index (χ1v) is 11.8. The molecule has 3 rings (SSSR count). The van der Waals surface area contributed by atoms with Crippen LogP contribution in [0, 0.1) is 0 Å². The zero-order valence-corrected chi connectivity index (χ0v) is 20.1. The number of amides is 1. The number of hydrogen-bond donors (Lipinski definition) is 1. The lowest BCUT2D eigenvalue weighted by Gasteiger charge is -2.32. The first-order chi connectivity index (χ1) is 15.8. The number of sulfonamides is 1. The molecule has 0 aromatic heterocycles. The highest BCUT2D eigenvalue weighted by Gasteiger charge is 2.39. The van der Waals surface area contributed by atoms with Crippen LogP contribution in [0.15, 0.2) is 41.3 Å². The fourth-order valence-corrected chi connectivity index (χ4v) is 5.48. The molecule has 1 aliphatic heterocycles. The van der Waals surface area contributed by atoms with Crippen LogP contribution in [0.3, 0.4) is 0 Å². The van der Waals surface area contributed by atoms with Gasteiger partial charge in [0.05, 0.1) is 33.6 Å². The number of rotatable bonds is 9. The number of hydrogen-bond acceptors (Lipinski definition) is 7. The summed E-state index contributed by atoms with van der Waals surface area (Å²) in [4.78, 5) is 12.7. The molecule has 0 unspecified atom stereocenters. The number of carbonyl (C=O) groups is 1. The van der Waals surface area contributed by atoms with Crippen molar-refractivity contribution in [3.63, 3.8) is 0 Å². The standard InChI is InChI=1S/C23H28N2O7S/c1-6-25-17-14-21(31-5)20(30-4)13-16(17)15(2)22(33(25,27)28)23(26)24-11-12-32-19-10-8-7-9-18(19)29-3/h7-10,13-14H,6,11-12H2,1-5H3,(H,24,26). The summed E-state index contributed by atoms with van der Waals surface area (Å²) in [6.45, 7) is 3.70. The minimum Gasteiger partial charge on any atom is -0.493 e. The second-order valence-corrected chi connectivity index (χ2v) is 8.90. The monoisotopic (exact) mass is 476 g/mol. The molecule has 1 aliphatic rings. The summed E-state index contributed by atoms with van der Waals surface area (Å²) in [6.07, 6.45) is 0. The van der Waals surface area contributed by atoms with Gasteiger partial charge in [-0.3, -0.25) is 9.10 Å². The molecule has 0 spiro atoms. The van der Waals surface area contributed by atoms with Gasteiger partial charge in [-0.05, 0) is 37.6 Å². The Balaban J connectivity index is 1.87. The van der Waals surface area contributed by atoms with Gasteiger partial charge in [-0.1, -0.05) is 12.1 Å². The molecule has 178 valence electrons. The average molecular weight is 477 g/mol. The Morgan fingerprint density at radius 1 is 0.970 bits per heavy atom. The van der Waals surface area contributed by atoms with E-state index in [1.165, 1.54) is 25.6 Å². The molecule has 0 fully saturated rings. The summed E-state index contributed by atoms with van der Waals surface area (Å²) >= 11 is 0. The number of carbonyl (C=O) groups excluding carboxylic acids is 1. The van der Waals surface area contributed by atoms with Crippen molar-refractivity contribution < 1.29 is 32.2 Å². The molecule has 10 heteroatoms. The maximum Gasteiger partial charge on any atom is 0.270 e. The van der Waals surface area contributed by atoms with Gasteiger partial charge in [-0.15, -0.1) is 0 Å². The Bertz CT molecular complexity index is 1180. The number of methoxy groups -OCH3 is 3. The van der Waals surface area contributed by atoms with Crippen molar-refractivity contribution in [1.29, 1.82) is 0 Å². The van der Waals surface area contributed by atoms with Gasteiger partial charge in [-0.25, -0.2) is 8.42 Å². The van der Waals surface area contributed by atoms with E-state index < -0.39 is 15.9 Å². The van der Waals surface area contributed by atoms with Crippen molar-refractivity contribution in [3.8, 4) is 23.0 Å². The molecule has 2 aromatic rings. The second kappa shape index (κ2) is 10.0. The maximum absolute atomic E-state index is 13.3. The van der Waals surface area contributed by atoms with Crippen LogP contribution in [0.5, 0.6) is 23.0 Å². The van der Waals surface area contributed by atoms with E-state index in [0.29, 0.717) is 39.8 Å². The Labute approximate surface area is 193 Å². The largest absolute Gasteiger partial charge is 0.493 e.